The Kier molecular flexibility index (Phi) is 8.01. The molecule has 2 nitrogen and oxygen atoms in total. The monoisotopic (exact) mass is 283 g/mol. The first-order valence-corrected chi connectivity index (χ1v) is 7.51. The first-order valence-electron chi connectivity index (χ1n) is 6.36. The summed E-state index contributed by atoms with van der Waals surface area (Å²) >= 11 is 8.65. The van der Waals surface area contributed by atoms with Crippen molar-refractivity contribution in [2.24, 2.45) is 0 Å². The minimum absolute atomic E-state index is 0.0890. The van der Waals surface area contributed by atoms with Gasteiger partial charge in [0.2, 0.25) is 5.91 Å². The third-order valence-electron chi connectivity index (χ3n) is 2.71. The maximum Gasteiger partial charge on any atom is 0.224 e. The summed E-state index contributed by atoms with van der Waals surface area (Å²) in [5.74, 6) is 0.967. The van der Waals surface area contributed by atoms with Gasteiger partial charge < -0.3 is 5.32 Å². The molecule has 0 radical (unpaired) electrons. The Hall–Kier alpha value is -0.610. The fraction of sp³-hybridized carbons (Fsp3) is 0.500. The van der Waals surface area contributed by atoms with Gasteiger partial charge in [0, 0.05) is 17.4 Å². The first kappa shape index (κ1) is 15.4. The van der Waals surface area contributed by atoms with Gasteiger partial charge >= 0.3 is 0 Å². The van der Waals surface area contributed by atoms with Crippen LogP contribution in [0.15, 0.2) is 30.3 Å². The van der Waals surface area contributed by atoms with E-state index in [1.165, 1.54) is 0 Å². The highest BCUT2D eigenvalue weighted by Crippen LogP contribution is 2.13. The number of hydrogen-bond acceptors (Lipinski definition) is 3. The number of amides is 1. The van der Waals surface area contributed by atoms with Crippen molar-refractivity contribution in [1.82, 2.24) is 0 Å². The molecule has 4 heteroatoms. The molecule has 1 amide bonds. The molecule has 1 atom stereocenters. The predicted octanol–water partition coefficient (Wildman–Crippen LogP) is 3.80. The van der Waals surface area contributed by atoms with Crippen molar-refractivity contribution in [3.05, 3.63) is 30.3 Å². The fourth-order valence-electron chi connectivity index (χ4n) is 1.70. The second-order valence-corrected chi connectivity index (χ2v) is 5.50. The Bertz CT molecular complexity index is 343. The van der Waals surface area contributed by atoms with Crippen molar-refractivity contribution in [2.45, 2.75) is 37.4 Å². The van der Waals surface area contributed by atoms with E-state index in [9.17, 15) is 4.79 Å². The molecule has 0 heterocycles. The molecule has 1 rings (SSSR count). The molecule has 0 aliphatic heterocycles. The molecule has 18 heavy (non-hydrogen) atoms. The Morgan fingerprint density at radius 2 is 1.89 bits per heavy atom. The lowest BCUT2D eigenvalue weighted by Crippen LogP contribution is -2.11. The van der Waals surface area contributed by atoms with Gasteiger partial charge in [-0.2, -0.15) is 25.3 Å². The molecule has 0 bridgehead atoms. The van der Waals surface area contributed by atoms with E-state index in [1.807, 2.05) is 30.3 Å². The molecular formula is C14H21NOS2. The van der Waals surface area contributed by atoms with Crippen LogP contribution in [-0.4, -0.2) is 16.9 Å². The van der Waals surface area contributed by atoms with Crippen LogP contribution in [0.2, 0.25) is 0 Å². The Balaban J connectivity index is 2.11. The highest BCUT2D eigenvalue weighted by Gasteiger charge is 2.04. The number of para-hydroxylation sites is 1. The smallest absolute Gasteiger partial charge is 0.224 e. The van der Waals surface area contributed by atoms with Crippen LogP contribution in [0.25, 0.3) is 0 Å². The highest BCUT2D eigenvalue weighted by molar-refractivity contribution is 7.81. The molecule has 0 aliphatic rings. The molecular weight excluding hydrogens is 262 g/mol. The SMILES string of the molecule is O=C(CCCCC(S)CCS)Nc1ccccc1. The van der Waals surface area contributed by atoms with Crippen LogP contribution >= 0.6 is 25.3 Å². The fourth-order valence-corrected chi connectivity index (χ4v) is 2.53. The second-order valence-electron chi connectivity index (χ2n) is 4.33. The van der Waals surface area contributed by atoms with Crippen LogP contribution < -0.4 is 5.32 Å². The number of unbranched alkanes of at least 4 members (excludes halogenated alkanes) is 1. The summed E-state index contributed by atoms with van der Waals surface area (Å²) in [4.78, 5) is 11.6. The molecule has 0 aromatic heterocycles. The zero-order valence-corrected chi connectivity index (χ0v) is 12.3. The van der Waals surface area contributed by atoms with Crippen molar-refractivity contribution < 1.29 is 4.79 Å². The lowest BCUT2D eigenvalue weighted by Gasteiger charge is -2.08. The van der Waals surface area contributed by atoms with Gasteiger partial charge in [0.05, 0.1) is 0 Å². The van der Waals surface area contributed by atoms with E-state index in [1.54, 1.807) is 0 Å². The Morgan fingerprint density at radius 1 is 1.17 bits per heavy atom. The molecule has 100 valence electrons. The lowest BCUT2D eigenvalue weighted by molar-refractivity contribution is -0.116. The minimum Gasteiger partial charge on any atom is -0.326 e. The van der Waals surface area contributed by atoms with Gasteiger partial charge in [-0.15, -0.1) is 0 Å². The van der Waals surface area contributed by atoms with Crippen LogP contribution in [0.4, 0.5) is 5.69 Å². The van der Waals surface area contributed by atoms with Gasteiger partial charge in [-0.25, -0.2) is 0 Å². The summed E-state index contributed by atoms with van der Waals surface area (Å²) in [6, 6.07) is 9.56. The Morgan fingerprint density at radius 3 is 2.56 bits per heavy atom. The van der Waals surface area contributed by atoms with Gasteiger partial charge in [0.25, 0.3) is 0 Å². The van der Waals surface area contributed by atoms with E-state index < -0.39 is 0 Å². The van der Waals surface area contributed by atoms with Crippen molar-refractivity contribution in [3.8, 4) is 0 Å². The molecule has 1 unspecified atom stereocenters. The van der Waals surface area contributed by atoms with Gasteiger partial charge in [-0.05, 0) is 37.1 Å². The normalized spacial score (nSPS) is 12.1. The quantitative estimate of drug-likeness (QED) is 0.491. The van der Waals surface area contributed by atoms with Crippen molar-refractivity contribution in [2.75, 3.05) is 11.1 Å². The summed E-state index contributed by atoms with van der Waals surface area (Å²) in [5, 5.41) is 3.30. The van der Waals surface area contributed by atoms with E-state index in [0.717, 1.165) is 37.1 Å². The van der Waals surface area contributed by atoms with Gasteiger partial charge in [0.15, 0.2) is 0 Å². The summed E-state index contributed by atoms with van der Waals surface area (Å²) in [6.45, 7) is 0. The van der Waals surface area contributed by atoms with E-state index in [0.29, 0.717) is 11.7 Å². The average molecular weight is 283 g/mol. The van der Waals surface area contributed by atoms with Crippen molar-refractivity contribution >= 4 is 36.9 Å². The lowest BCUT2D eigenvalue weighted by atomic mass is 10.1. The molecule has 0 saturated heterocycles. The Labute approximate surface area is 120 Å². The standard InChI is InChI=1S/C14H21NOS2/c16-14(15-12-6-2-1-3-7-12)9-5-4-8-13(18)10-11-17/h1-3,6-7,13,17-18H,4-5,8-11H2,(H,15,16). The van der Waals surface area contributed by atoms with Gasteiger partial charge in [0.1, 0.15) is 0 Å². The molecule has 0 aliphatic carbocycles. The highest BCUT2D eigenvalue weighted by atomic mass is 32.1. The summed E-state index contributed by atoms with van der Waals surface area (Å²) in [6.07, 6.45) is 4.63. The number of rotatable bonds is 8. The van der Waals surface area contributed by atoms with Crippen LogP contribution in [-0.2, 0) is 4.79 Å². The number of anilines is 1. The van der Waals surface area contributed by atoms with Crippen LogP contribution in [0, 0.1) is 0 Å². The summed E-state index contributed by atoms with van der Waals surface area (Å²) in [5.41, 5.74) is 0.865. The maximum absolute atomic E-state index is 11.6. The number of thiol groups is 2. The summed E-state index contributed by atoms with van der Waals surface area (Å²) in [7, 11) is 0. The number of carbonyl (C=O) groups is 1. The molecule has 1 N–H and O–H groups in total. The van der Waals surface area contributed by atoms with E-state index in [2.05, 4.69) is 30.6 Å². The van der Waals surface area contributed by atoms with E-state index in [-0.39, 0.29) is 5.91 Å². The van der Waals surface area contributed by atoms with Crippen LogP contribution in [0.1, 0.15) is 32.1 Å². The first-order chi connectivity index (χ1) is 8.72. The van der Waals surface area contributed by atoms with Gasteiger partial charge in [-0.1, -0.05) is 24.6 Å². The maximum atomic E-state index is 11.6. The number of hydrogen-bond donors (Lipinski definition) is 3. The minimum atomic E-state index is 0.0890. The van der Waals surface area contributed by atoms with Crippen molar-refractivity contribution in [1.29, 1.82) is 0 Å². The topological polar surface area (TPSA) is 29.1 Å². The number of carbonyl (C=O) groups excluding carboxylic acids is 1. The third-order valence-corrected chi connectivity index (χ3v) is 3.49. The zero-order chi connectivity index (χ0) is 13.2. The van der Waals surface area contributed by atoms with Gasteiger partial charge in [-0.3, -0.25) is 4.79 Å². The predicted molar refractivity (Wildman–Crippen MR) is 84.8 cm³/mol. The number of nitrogens with one attached hydrogen (secondary N) is 1. The van der Waals surface area contributed by atoms with Crippen LogP contribution in [0.3, 0.4) is 0 Å². The largest absolute Gasteiger partial charge is 0.326 e. The molecule has 1 aromatic carbocycles. The molecule has 0 spiro atoms. The van der Waals surface area contributed by atoms with Crippen LogP contribution in [0.5, 0.6) is 0 Å². The average Bonchev–Trinajstić information content (AvgIpc) is 2.36. The molecule has 0 saturated carbocycles. The molecule has 1 aromatic rings. The molecule has 0 fully saturated rings. The van der Waals surface area contributed by atoms with Crippen molar-refractivity contribution in [3.63, 3.8) is 0 Å². The third kappa shape index (κ3) is 6.97. The summed E-state index contributed by atoms with van der Waals surface area (Å²) < 4.78 is 0. The zero-order valence-electron chi connectivity index (χ0n) is 10.5. The van der Waals surface area contributed by atoms with E-state index >= 15 is 0 Å². The second kappa shape index (κ2) is 9.34. The van der Waals surface area contributed by atoms with E-state index in [4.69, 9.17) is 0 Å². The number of benzene rings is 1.